The Bertz CT molecular complexity index is 702. The van der Waals surface area contributed by atoms with Gasteiger partial charge in [-0.3, -0.25) is 9.59 Å². The number of rotatable bonds is 5. The number of nitrogens with one attached hydrogen (secondary N) is 2. The molecule has 0 aliphatic carbocycles. The second-order valence-electron chi connectivity index (χ2n) is 4.78. The zero-order valence-electron chi connectivity index (χ0n) is 12.1. The van der Waals surface area contributed by atoms with E-state index in [-0.39, 0.29) is 30.5 Å². The molecule has 1 amide bonds. The molecule has 0 bridgehead atoms. The number of aromatic nitrogens is 2. The largest absolute Gasteiger partial charge is 0.465 e. The second kappa shape index (κ2) is 6.25. The molecule has 0 radical (unpaired) electrons. The fourth-order valence-corrected chi connectivity index (χ4v) is 1.89. The first kappa shape index (κ1) is 14.8. The lowest BCUT2D eigenvalue weighted by atomic mass is 10.1. The van der Waals surface area contributed by atoms with E-state index < -0.39 is 0 Å². The molecule has 2 heterocycles. The number of carbonyl (C=O) groups excluding carboxylic acids is 1. The van der Waals surface area contributed by atoms with Crippen molar-refractivity contribution in [3.63, 3.8) is 0 Å². The maximum Gasteiger partial charge on any atom is 0.258 e. The third-order valence-corrected chi connectivity index (χ3v) is 2.91. The van der Waals surface area contributed by atoms with Crippen LogP contribution >= 0.6 is 0 Å². The highest BCUT2D eigenvalue weighted by atomic mass is 16.5. The van der Waals surface area contributed by atoms with Crippen LogP contribution in [0.25, 0.3) is 0 Å². The van der Waals surface area contributed by atoms with E-state index in [0.717, 1.165) is 11.3 Å². The van der Waals surface area contributed by atoms with Crippen molar-refractivity contribution >= 4 is 5.91 Å². The molecular formula is C14H17N3O4. The van der Waals surface area contributed by atoms with Crippen LogP contribution in [0.15, 0.2) is 21.5 Å². The van der Waals surface area contributed by atoms with Gasteiger partial charge in [0.05, 0.1) is 0 Å². The minimum Gasteiger partial charge on any atom is -0.465 e. The maximum atomic E-state index is 11.8. The van der Waals surface area contributed by atoms with Gasteiger partial charge in [-0.1, -0.05) is 0 Å². The highest BCUT2D eigenvalue weighted by molar-refractivity contribution is 5.77. The summed E-state index contributed by atoms with van der Waals surface area (Å²) in [7, 11) is 0. The average Bonchev–Trinajstić information content (AvgIpc) is 2.81. The van der Waals surface area contributed by atoms with Gasteiger partial charge in [0.1, 0.15) is 5.76 Å². The highest BCUT2D eigenvalue weighted by Crippen LogP contribution is 2.09. The van der Waals surface area contributed by atoms with E-state index in [1.807, 2.05) is 19.9 Å². The van der Waals surface area contributed by atoms with Crippen molar-refractivity contribution in [1.29, 1.82) is 0 Å². The number of ether oxygens (including phenoxy) is 1. The molecule has 2 aromatic heterocycles. The van der Waals surface area contributed by atoms with Gasteiger partial charge in [-0.2, -0.15) is 0 Å². The predicted molar refractivity (Wildman–Crippen MR) is 75.1 cm³/mol. The molecular weight excluding hydrogens is 274 g/mol. The highest BCUT2D eigenvalue weighted by Gasteiger charge is 2.09. The van der Waals surface area contributed by atoms with Gasteiger partial charge in [-0.25, -0.2) is 0 Å². The van der Waals surface area contributed by atoms with Crippen LogP contribution in [0, 0.1) is 20.8 Å². The Kier molecular flexibility index (Phi) is 4.42. The van der Waals surface area contributed by atoms with Gasteiger partial charge in [0.2, 0.25) is 0 Å². The fourth-order valence-electron chi connectivity index (χ4n) is 1.89. The smallest absolute Gasteiger partial charge is 0.258 e. The summed E-state index contributed by atoms with van der Waals surface area (Å²) < 4.78 is 9.97. The van der Waals surface area contributed by atoms with Gasteiger partial charge in [0.15, 0.2) is 6.61 Å². The Labute approximate surface area is 121 Å². The third kappa shape index (κ3) is 3.95. The number of pyridine rings is 1. The van der Waals surface area contributed by atoms with Crippen LogP contribution in [0.3, 0.4) is 0 Å². The van der Waals surface area contributed by atoms with Gasteiger partial charge in [0, 0.05) is 23.9 Å². The number of carbonyl (C=O) groups is 1. The van der Waals surface area contributed by atoms with E-state index in [9.17, 15) is 9.59 Å². The maximum absolute atomic E-state index is 11.8. The number of nitrogens with zero attached hydrogens (tertiary/aromatic N) is 1. The number of amides is 1. The van der Waals surface area contributed by atoms with Crippen LogP contribution in [0.1, 0.15) is 22.6 Å². The first-order chi connectivity index (χ1) is 9.95. The number of aromatic amines is 1. The minimum atomic E-state index is -0.338. The van der Waals surface area contributed by atoms with Gasteiger partial charge in [0.25, 0.3) is 17.3 Å². The Hall–Kier alpha value is -2.57. The molecule has 0 saturated carbocycles. The first-order valence-electron chi connectivity index (χ1n) is 6.48. The van der Waals surface area contributed by atoms with Crippen molar-refractivity contribution in [1.82, 2.24) is 15.5 Å². The normalized spacial score (nSPS) is 10.4. The summed E-state index contributed by atoms with van der Waals surface area (Å²) in [6, 6.07) is 3.44. The number of H-pyrrole nitrogens is 1. The molecule has 7 nitrogen and oxygen atoms in total. The van der Waals surface area contributed by atoms with E-state index in [0.29, 0.717) is 11.3 Å². The zero-order chi connectivity index (χ0) is 15.4. The summed E-state index contributed by atoms with van der Waals surface area (Å²) in [4.78, 5) is 26.2. The molecule has 7 heteroatoms. The molecule has 0 aliphatic heterocycles. The summed E-state index contributed by atoms with van der Waals surface area (Å²) in [5.41, 5.74) is 1.97. The monoisotopic (exact) mass is 291 g/mol. The number of aryl methyl sites for hydroxylation is 3. The van der Waals surface area contributed by atoms with E-state index >= 15 is 0 Å². The van der Waals surface area contributed by atoms with Crippen LogP contribution in [0.4, 0.5) is 0 Å². The molecule has 2 N–H and O–H groups in total. The minimum absolute atomic E-state index is 0.154. The first-order valence-corrected chi connectivity index (χ1v) is 6.48. The summed E-state index contributed by atoms with van der Waals surface area (Å²) >= 11 is 0. The van der Waals surface area contributed by atoms with E-state index in [2.05, 4.69) is 15.5 Å². The third-order valence-electron chi connectivity index (χ3n) is 2.91. The molecule has 0 spiro atoms. The van der Waals surface area contributed by atoms with Crippen molar-refractivity contribution in [2.24, 2.45) is 0 Å². The predicted octanol–water partition coefficient (Wildman–Crippen LogP) is 0.983. The second-order valence-corrected chi connectivity index (χ2v) is 4.78. The molecule has 112 valence electrons. The van der Waals surface area contributed by atoms with Gasteiger partial charge < -0.3 is 19.6 Å². The molecule has 0 aliphatic rings. The van der Waals surface area contributed by atoms with Crippen LogP contribution in [-0.2, 0) is 11.3 Å². The van der Waals surface area contributed by atoms with Gasteiger partial charge in [-0.15, -0.1) is 0 Å². The van der Waals surface area contributed by atoms with Crippen LogP contribution in [0.5, 0.6) is 5.88 Å². The quantitative estimate of drug-likeness (QED) is 0.856. The zero-order valence-corrected chi connectivity index (χ0v) is 12.1. The van der Waals surface area contributed by atoms with Crippen LogP contribution < -0.4 is 15.6 Å². The van der Waals surface area contributed by atoms with E-state index in [1.165, 1.54) is 0 Å². The van der Waals surface area contributed by atoms with Crippen molar-refractivity contribution in [2.45, 2.75) is 27.3 Å². The molecule has 0 aromatic carbocycles. The molecule has 0 fully saturated rings. The summed E-state index contributed by atoms with van der Waals surface area (Å²) in [6.45, 7) is 5.34. The average molecular weight is 291 g/mol. The molecule has 2 rings (SSSR count). The Morgan fingerprint density at radius 2 is 2.14 bits per heavy atom. The molecule has 0 atom stereocenters. The number of hydrogen-bond donors (Lipinski definition) is 2. The topological polar surface area (TPSA) is 97.2 Å². The number of hydrogen-bond acceptors (Lipinski definition) is 5. The lowest BCUT2D eigenvalue weighted by Gasteiger charge is -2.08. The Morgan fingerprint density at radius 3 is 2.76 bits per heavy atom. The SMILES string of the molecule is Cc1cc(C)c(CNC(=O)COc2cc(C)on2)c(=O)[nH]1. The Balaban J connectivity index is 1.88. The molecule has 2 aromatic rings. The van der Waals surface area contributed by atoms with Crippen LogP contribution in [-0.4, -0.2) is 22.7 Å². The van der Waals surface area contributed by atoms with Crippen LogP contribution in [0.2, 0.25) is 0 Å². The van der Waals surface area contributed by atoms with Crippen molar-refractivity contribution in [3.05, 3.63) is 45.1 Å². The van der Waals surface area contributed by atoms with Crippen molar-refractivity contribution in [2.75, 3.05) is 6.61 Å². The molecule has 0 unspecified atom stereocenters. The Morgan fingerprint density at radius 1 is 1.38 bits per heavy atom. The summed E-state index contributed by atoms with van der Waals surface area (Å²) in [6.07, 6.45) is 0. The van der Waals surface area contributed by atoms with E-state index in [4.69, 9.17) is 9.26 Å². The lowest BCUT2D eigenvalue weighted by molar-refractivity contribution is -0.123. The lowest BCUT2D eigenvalue weighted by Crippen LogP contribution is -2.31. The standard InChI is InChI=1S/C14H17N3O4/c1-8-4-9(2)16-14(19)11(8)6-15-12(18)7-20-13-5-10(3)21-17-13/h4-5H,6-7H2,1-3H3,(H,15,18)(H,16,19). The summed E-state index contributed by atoms with van der Waals surface area (Å²) in [5.74, 6) is 0.522. The van der Waals surface area contributed by atoms with E-state index in [1.54, 1.807) is 13.0 Å². The van der Waals surface area contributed by atoms with Crippen molar-refractivity contribution in [3.8, 4) is 5.88 Å². The summed E-state index contributed by atoms with van der Waals surface area (Å²) in [5, 5.41) is 6.25. The fraction of sp³-hybridized carbons (Fsp3) is 0.357. The molecule has 21 heavy (non-hydrogen) atoms. The van der Waals surface area contributed by atoms with Gasteiger partial charge >= 0.3 is 0 Å². The molecule has 0 saturated heterocycles. The van der Waals surface area contributed by atoms with Gasteiger partial charge in [-0.05, 0) is 37.6 Å². The van der Waals surface area contributed by atoms with Crippen molar-refractivity contribution < 1.29 is 14.1 Å².